The van der Waals surface area contributed by atoms with E-state index in [0.717, 1.165) is 24.0 Å². The first-order valence-electron chi connectivity index (χ1n) is 7.22. The van der Waals surface area contributed by atoms with Crippen molar-refractivity contribution in [3.05, 3.63) is 23.3 Å². The Hall–Kier alpha value is -1.11. The summed E-state index contributed by atoms with van der Waals surface area (Å²) >= 11 is 0. The van der Waals surface area contributed by atoms with Crippen LogP contribution in [0, 0.1) is 19.8 Å². The molecule has 1 heterocycles. The molecule has 0 amide bonds. The van der Waals surface area contributed by atoms with E-state index >= 15 is 0 Å². The molecule has 1 unspecified atom stereocenters. The second-order valence-corrected chi connectivity index (χ2v) is 7.69. The molecule has 5 nitrogen and oxygen atoms in total. The lowest BCUT2D eigenvalue weighted by Crippen LogP contribution is -2.41. The number of nitrogens with two attached hydrogens (primary N) is 1. The van der Waals surface area contributed by atoms with Gasteiger partial charge in [-0.25, -0.2) is 8.42 Å². The second kappa shape index (κ2) is 6.34. The van der Waals surface area contributed by atoms with Gasteiger partial charge in [0.15, 0.2) is 0 Å². The third-order valence-electron chi connectivity index (χ3n) is 4.14. The Kier molecular flexibility index (Phi) is 4.91. The van der Waals surface area contributed by atoms with Gasteiger partial charge < -0.3 is 10.5 Å². The SMILES string of the molecule is COCC1CCCN(S(=O)(=O)c2cc(N)cc(C)c2C)C1. The van der Waals surface area contributed by atoms with Gasteiger partial charge in [0, 0.05) is 25.9 Å². The van der Waals surface area contributed by atoms with Gasteiger partial charge in [-0.05, 0) is 55.9 Å². The molecule has 6 heteroatoms. The Morgan fingerprint density at radius 3 is 2.76 bits per heavy atom. The molecule has 1 aliphatic heterocycles. The van der Waals surface area contributed by atoms with E-state index in [9.17, 15) is 8.42 Å². The topological polar surface area (TPSA) is 72.6 Å². The monoisotopic (exact) mass is 312 g/mol. The van der Waals surface area contributed by atoms with Crippen LogP contribution < -0.4 is 5.73 Å². The van der Waals surface area contributed by atoms with Crippen LogP contribution >= 0.6 is 0 Å². The molecule has 2 N–H and O–H groups in total. The third-order valence-corrected chi connectivity index (χ3v) is 6.14. The van der Waals surface area contributed by atoms with Crippen molar-refractivity contribution in [3.8, 4) is 0 Å². The first kappa shape index (κ1) is 16.3. The molecule has 1 fully saturated rings. The maximum Gasteiger partial charge on any atom is 0.243 e. The molecule has 0 aliphatic carbocycles. The highest BCUT2D eigenvalue weighted by Crippen LogP contribution is 2.28. The van der Waals surface area contributed by atoms with Crippen molar-refractivity contribution >= 4 is 15.7 Å². The summed E-state index contributed by atoms with van der Waals surface area (Å²) in [5, 5.41) is 0. The summed E-state index contributed by atoms with van der Waals surface area (Å²) in [5.41, 5.74) is 7.99. The van der Waals surface area contributed by atoms with Crippen LogP contribution in [0.15, 0.2) is 17.0 Å². The molecule has 0 spiro atoms. The first-order chi connectivity index (χ1) is 9.86. The van der Waals surface area contributed by atoms with Gasteiger partial charge in [-0.3, -0.25) is 0 Å². The van der Waals surface area contributed by atoms with Crippen molar-refractivity contribution in [3.63, 3.8) is 0 Å². The average molecular weight is 312 g/mol. The van der Waals surface area contributed by atoms with Crippen LogP contribution in [0.25, 0.3) is 0 Å². The van der Waals surface area contributed by atoms with Crippen molar-refractivity contribution < 1.29 is 13.2 Å². The highest BCUT2D eigenvalue weighted by atomic mass is 32.2. The number of hydrogen-bond acceptors (Lipinski definition) is 4. The van der Waals surface area contributed by atoms with Gasteiger partial charge in [0.2, 0.25) is 10.0 Å². The summed E-state index contributed by atoms with van der Waals surface area (Å²) in [5.74, 6) is 0.265. The van der Waals surface area contributed by atoms with Crippen molar-refractivity contribution in [2.24, 2.45) is 5.92 Å². The molecular weight excluding hydrogens is 288 g/mol. The Morgan fingerprint density at radius 1 is 1.38 bits per heavy atom. The molecule has 2 rings (SSSR count). The predicted molar refractivity (Wildman–Crippen MR) is 83.7 cm³/mol. The molecule has 0 saturated carbocycles. The highest BCUT2D eigenvalue weighted by Gasteiger charge is 2.31. The number of ether oxygens (including phenoxy) is 1. The maximum absolute atomic E-state index is 12.9. The molecule has 0 bridgehead atoms. The fourth-order valence-corrected chi connectivity index (χ4v) is 4.77. The smallest absolute Gasteiger partial charge is 0.243 e. The zero-order valence-corrected chi connectivity index (χ0v) is 13.7. The molecule has 1 atom stereocenters. The van der Waals surface area contributed by atoms with Crippen LogP contribution in [0.1, 0.15) is 24.0 Å². The molecule has 118 valence electrons. The molecular formula is C15H24N2O3S. The molecule has 1 saturated heterocycles. The summed E-state index contributed by atoms with van der Waals surface area (Å²) in [6, 6.07) is 3.37. The Bertz CT molecular complexity index is 612. The maximum atomic E-state index is 12.9. The summed E-state index contributed by atoms with van der Waals surface area (Å²) in [4.78, 5) is 0.332. The van der Waals surface area contributed by atoms with Crippen molar-refractivity contribution in [1.82, 2.24) is 4.31 Å². The van der Waals surface area contributed by atoms with Gasteiger partial charge in [0.05, 0.1) is 11.5 Å². The minimum atomic E-state index is -3.49. The van der Waals surface area contributed by atoms with E-state index in [4.69, 9.17) is 10.5 Å². The van der Waals surface area contributed by atoms with Crippen LogP contribution in [0.5, 0.6) is 0 Å². The van der Waals surface area contributed by atoms with Crippen LogP contribution in [-0.2, 0) is 14.8 Å². The fourth-order valence-electron chi connectivity index (χ4n) is 2.88. The Labute approximate surface area is 127 Å². The lowest BCUT2D eigenvalue weighted by atomic mass is 10.0. The van der Waals surface area contributed by atoms with Gasteiger partial charge in [-0.15, -0.1) is 0 Å². The summed E-state index contributed by atoms with van der Waals surface area (Å²) < 4.78 is 32.5. The molecule has 1 aromatic carbocycles. The molecule has 0 aromatic heterocycles. The normalized spacial score (nSPS) is 20.6. The number of nitrogen functional groups attached to an aromatic ring is 1. The minimum Gasteiger partial charge on any atom is -0.399 e. The second-order valence-electron chi connectivity index (χ2n) is 5.79. The summed E-state index contributed by atoms with van der Waals surface area (Å²) in [6.45, 7) is 5.40. The van der Waals surface area contributed by atoms with Crippen LogP contribution in [0.4, 0.5) is 5.69 Å². The zero-order chi connectivity index (χ0) is 15.6. The van der Waals surface area contributed by atoms with Crippen molar-refractivity contribution in [2.75, 3.05) is 32.5 Å². The Morgan fingerprint density at radius 2 is 2.10 bits per heavy atom. The molecule has 21 heavy (non-hydrogen) atoms. The molecule has 1 aromatic rings. The predicted octanol–water partition coefficient (Wildman–Crippen LogP) is 1.93. The fraction of sp³-hybridized carbons (Fsp3) is 0.600. The van der Waals surface area contributed by atoms with E-state index < -0.39 is 10.0 Å². The van der Waals surface area contributed by atoms with Crippen molar-refractivity contribution in [1.29, 1.82) is 0 Å². The average Bonchev–Trinajstić information content (AvgIpc) is 2.43. The van der Waals surface area contributed by atoms with E-state index in [2.05, 4.69) is 0 Å². The number of benzene rings is 1. The molecule has 0 radical (unpaired) electrons. The van der Waals surface area contributed by atoms with E-state index in [1.807, 2.05) is 13.8 Å². The van der Waals surface area contributed by atoms with Gasteiger partial charge in [-0.2, -0.15) is 4.31 Å². The zero-order valence-electron chi connectivity index (χ0n) is 12.9. The van der Waals surface area contributed by atoms with E-state index in [1.165, 1.54) is 0 Å². The van der Waals surface area contributed by atoms with Gasteiger partial charge in [-0.1, -0.05) is 0 Å². The lowest BCUT2D eigenvalue weighted by Gasteiger charge is -2.32. The Balaban J connectivity index is 2.34. The van der Waals surface area contributed by atoms with Gasteiger partial charge in [0.1, 0.15) is 0 Å². The summed E-state index contributed by atoms with van der Waals surface area (Å²) in [6.07, 6.45) is 1.88. The molecule has 1 aliphatic rings. The van der Waals surface area contributed by atoms with Crippen LogP contribution in [0.2, 0.25) is 0 Å². The number of rotatable bonds is 4. The number of anilines is 1. The van der Waals surface area contributed by atoms with Crippen molar-refractivity contribution in [2.45, 2.75) is 31.6 Å². The van der Waals surface area contributed by atoms with E-state index in [-0.39, 0.29) is 5.92 Å². The van der Waals surface area contributed by atoms with Gasteiger partial charge in [0.25, 0.3) is 0 Å². The largest absolute Gasteiger partial charge is 0.399 e. The van der Waals surface area contributed by atoms with Crippen LogP contribution in [-0.4, -0.2) is 39.5 Å². The number of hydrogen-bond donors (Lipinski definition) is 1. The minimum absolute atomic E-state index is 0.265. The number of aryl methyl sites for hydroxylation is 1. The third kappa shape index (κ3) is 3.39. The lowest BCUT2D eigenvalue weighted by molar-refractivity contribution is 0.118. The number of sulfonamides is 1. The van der Waals surface area contributed by atoms with E-state index in [1.54, 1.807) is 23.5 Å². The number of piperidine rings is 1. The number of nitrogens with zero attached hydrogens (tertiary/aromatic N) is 1. The van der Waals surface area contributed by atoms with Crippen LogP contribution in [0.3, 0.4) is 0 Å². The quantitative estimate of drug-likeness (QED) is 0.862. The first-order valence-corrected chi connectivity index (χ1v) is 8.66. The van der Waals surface area contributed by atoms with Gasteiger partial charge >= 0.3 is 0 Å². The standard InChI is InChI=1S/C15H24N2O3S/c1-11-7-14(16)8-15(12(11)2)21(18,19)17-6-4-5-13(9-17)10-20-3/h7-8,13H,4-6,9-10,16H2,1-3H3. The highest BCUT2D eigenvalue weighted by molar-refractivity contribution is 7.89. The summed E-state index contributed by atoms with van der Waals surface area (Å²) in [7, 11) is -1.84. The number of methoxy groups -OCH3 is 1. The van der Waals surface area contributed by atoms with E-state index in [0.29, 0.717) is 30.3 Å².